The van der Waals surface area contributed by atoms with Gasteiger partial charge in [0.2, 0.25) is 0 Å². The highest BCUT2D eigenvalue weighted by atomic mass is 16.5. The van der Waals surface area contributed by atoms with Gasteiger partial charge >= 0.3 is 0 Å². The molecule has 0 radical (unpaired) electrons. The Morgan fingerprint density at radius 1 is 1.22 bits per heavy atom. The van der Waals surface area contributed by atoms with E-state index >= 15 is 0 Å². The fourth-order valence-electron chi connectivity index (χ4n) is 4.64. The van der Waals surface area contributed by atoms with Gasteiger partial charge in [-0.1, -0.05) is 32.3 Å². The van der Waals surface area contributed by atoms with E-state index in [1.54, 1.807) is 0 Å². The second-order valence-corrected chi connectivity index (χ2v) is 9.15. The molecule has 1 aromatic carbocycles. The number of aromatic hydroxyl groups is 1. The number of benzene rings is 1. The van der Waals surface area contributed by atoms with Crippen LogP contribution in [0.25, 0.3) is 11.1 Å². The summed E-state index contributed by atoms with van der Waals surface area (Å²) in [4.78, 5) is 0. The summed E-state index contributed by atoms with van der Waals surface area (Å²) in [6.07, 6.45) is 8.17. The largest absolute Gasteiger partial charge is 0.507 e. The fraction of sp³-hybridized carbons (Fsp3) is 0.600. The summed E-state index contributed by atoms with van der Waals surface area (Å²) in [5, 5.41) is 10.9. The third kappa shape index (κ3) is 3.95. The summed E-state index contributed by atoms with van der Waals surface area (Å²) in [6.45, 7) is 13.3. The van der Waals surface area contributed by atoms with Crippen molar-refractivity contribution in [1.29, 1.82) is 0 Å². The number of ether oxygens (including phenoxy) is 1. The van der Waals surface area contributed by atoms with Gasteiger partial charge in [0.15, 0.2) is 0 Å². The first kappa shape index (κ1) is 20.0. The van der Waals surface area contributed by atoms with Crippen LogP contribution in [0.3, 0.4) is 0 Å². The van der Waals surface area contributed by atoms with Crippen LogP contribution in [0.5, 0.6) is 11.5 Å². The molecule has 0 fully saturated rings. The molecular formula is C25H36O2. The van der Waals surface area contributed by atoms with Crippen LogP contribution in [-0.4, -0.2) is 10.7 Å². The number of unbranched alkanes of at least 4 members (excludes halogenated alkanes) is 2. The second kappa shape index (κ2) is 7.73. The summed E-state index contributed by atoms with van der Waals surface area (Å²) in [5.41, 5.74) is 7.11. The van der Waals surface area contributed by atoms with Crippen LogP contribution in [-0.2, 0) is 0 Å². The number of hydrogen-bond donors (Lipinski definition) is 1. The molecule has 1 atom stereocenters. The highest BCUT2D eigenvalue weighted by Gasteiger charge is 2.38. The Balaban J connectivity index is 2.02. The molecule has 0 saturated heterocycles. The molecule has 1 aromatic rings. The van der Waals surface area contributed by atoms with Crippen LogP contribution in [0.15, 0.2) is 23.3 Å². The minimum Gasteiger partial charge on any atom is -0.507 e. The minimum absolute atomic E-state index is 0.290. The summed E-state index contributed by atoms with van der Waals surface area (Å²) >= 11 is 0. The SMILES string of the molecule is CCCCCC(C)=C(C)c1cc(O)c2c(c1)OC(C)(C)C1=C2CC(C)CC1. The maximum Gasteiger partial charge on any atom is 0.132 e. The predicted octanol–water partition coefficient (Wildman–Crippen LogP) is 7.51. The molecule has 2 nitrogen and oxygen atoms in total. The quantitative estimate of drug-likeness (QED) is 0.545. The first-order valence-electron chi connectivity index (χ1n) is 10.7. The molecule has 1 unspecified atom stereocenters. The van der Waals surface area contributed by atoms with Crippen LogP contribution in [0.1, 0.15) is 97.6 Å². The first-order valence-corrected chi connectivity index (χ1v) is 10.7. The smallest absolute Gasteiger partial charge is 0.132 e. The molecule has 1 aliphatic carbocycles. The zero-order valence-electron chi connectivity index (χ0n) is 18.0. The van der Waals surface area contributed by atoms with Crippen LogP contribution in [0.2, 0.25) is 0 Å². The van der Waals surface area contributed by atoms with E-state index in [1.165, 1.54) is 48.0 Å². The minimum atomic E-state index is -0.290. The summed E-state index contributed by atoms with van der Waals surface area (Å²) in [5.74, 6) is 1.89. The molecular weight excluding hydrogens is 332 g/mol. The summed E-state index contributed by atoms with van der Waals surface area (Å²) in [7, 11) is 0. The first-order chi connectivity index (χ1) is 12.7. The van der Waals surface area contributed by atoms with Crippen molar-refractivity contribution in [2.75, 3.05) is 0 Å². The number of fused-ring (bicyclic) bond motifs is 2. The van der Waals surface area contributed by atoms with Crippen molar-refractivity contribution in [1.82, 2.24) is 0 Å². The highest BCUT2D eigenvalue weighted by molar-refractivity contribution is 5.83. The van der Waals surface area contributed by atoms with E-state index < -0.39 is 0 Å². The average molecular weight is 369 g/mol. The van der Waals surface area contributed by atoms with Gasteiger partial charge in [-0.15, -0.1) is 0 Å². The zero-order chi connectivity index (χ0) is 19.8. The normalized spacial score (nSPS) is 21.9. The Bertz CT molecular complexity index is 780. The van der Waals surface area contributed by atoms with E-state index in [2.05, 4.69) is 47.6 Å². The third-order valence-corrected chi connectivity index (χ3v) is 6.51. The lowest BCUT2D eigenvalue weighted by Gasteiger charge is -2.41. The number of rotatable bonds is 5. The maximum atomic E-state index is 10.9. The van der Waals surface area contributed by atoms with E-state index in [1.807, 2.05) is 6.07 Å². The zero-order valence-corrected chi connectivity index (χ0v) is 18.0. The van der Waals surface area contributed by atoms with Gasteiger partial charge in [0, 0.05) is 0 Å². The molecule has 148 valence electrons. The molecule has 0 saturated carbocycles. The van der Waals surface area contributed by atoms with E-state index in [0.717, 1.165) is 36.1 Å². The monoisotopic (exact) mass is 368 g/mol. The Hall–Kier alpha value is -1.70. The molecule has 3 rings (SSSR count). The molecule has 0 bridgehead atoms. The maximum absolute atomic E-state index is 10.9. The molecule has 1 heterocycles. The van der Waals surface area contributed by atoms with Gasteiger partial charge in [-0.3, -0.25) is 0 Å². The Morgan fingerprint density at radius 2 is 1.96 bits per heavy atom. The summed E-state index contributed by atoms with van der Waals surface area (Å²) < 4.78 is 6.43. The van der Waals surface area contributed by atoms with Crippen molar-refractivity contribution in [3.05, 3.63) is 34.4 Å². The van der Waals surface area contributed by atoms with Gasteiger partial charge in [-0.2, -0.15) is 0 Å². The number of allylic oxidation sites excluding steroid dienone is 3. The van der Waals surface area contributed by atoms with Gasteiger partial charge < -0.3 is 9.84 Å². The summed E-state index contributed by atoms with van der Waals surface area (Å²) in [6, 6.07) is 4.10. The van der Waals surface area contributed by atoms with E-state index in [0.29, 0.717) is 11.7 Å². The average Bonchev–Trinajstić information content (AvgIpc) is 2.59. The third-order valence-electron chi connectivity index (χ3n) is 6.51. The van der Waals surface area contributed by atoms with E-state index in [4.69, 9.17) is 4.74 Å². The highest BCUT2D eigenvalue weighted by Crippen LogP contribution is 2.52. The molecule has 27 heavy (non-hydrogen) atoms. The molecule has 0 spiro atoms. The van der Waals surface area contributed by atoms with Gasteiger partial charge in [-0.25, -0.2) is 0 Å². The van der Waals surface area contributed by atoms with Crippen LogP contribution in [0, 0.1) is 5.92 Å². The van der Waals surface area contributed by atoms with Crippen molar-refractivity contribution in [2.45, 2.75) is 92.1 Å². The van der Waals surface area contributed by atoms with Crippen LogP contribution in [0.4, 0.5) is 0 Å². The molecule has 2 heteroatoms. The van der Waals surface area contributed by atoms with Crippen LogP contribution < -0.4 is 4.74 Å². The molecule has 0 amide bonds. The van der Waals surface area contributed by atoms with Gasteiger partial charge in [-0.05, 0) is 100 Å². The van der Waals surface area contributed by atoms with Crippen molar-refractivity contribution >= 4 is 11.1 Å². The van der Waals surface area contributed by atoms with E-state index in [-0.39, 0.29) is 5.60 Å². The van der Waals surface area contributed by atoms with Crippen LogP contribution >= 0.6 is 0 Å². The second-order valence-electron chi connectivity index (χ2n) is 9.15. The molecule has 0 aromatic heterocycles. The Kier molecular flexibility index (Phi) is 5.74. The lowest BCUT2D eigenvalue weighted by Crippen LogP contribution is -2.36. The lowest BCUT2D eigenvalue weighted by molar-refractivity contribution is 0.135. The van der Waals surface area contributed by atoms with Crippen molar-refractivity contribution in [3.63, 3.8) is 0 Å². The van der Waals surface area contributed by atoms with E-state index in [9.17, 15) is 5.11 Å². The Morgan fingerprint density at radius 3 is 2.67 bits per heavy atom. The standard InChI is InChI=1S/C25H36O2/c1-7-8-9-10-17(3)18(4)19-14-22(26)24-20-13-16(2)11-12-21(20)25(5,6)27-23(24)15-19/h14-16,26H,7-13H2,1-6H3. The Labute approximate surface area is 165 Å². The number of phenols is 1. The number of hydrogen-bond acceptors (Lipinski definition) is 2. The van der Waals surface area contributed by atoms with Gasteiger partial charge in [0.05, 0.1) is 5.56 Å². The van der Waals surface area contributed by atoms with Gasteiger partial charge in [0.1, 0.15) is 17.1 Å². The van der Waals surface area contributed by atoms with Crippen molar-refractivity contribution in [3.8, 4) is 11.5 Å². The molecule has 2 aliphatic rings. The topological polar surface area (TPSA) is 29.5 Å². The van der Waals surface area contributed by atoms with Crippen molar-refractivity contribution in [2.24, 2.45) is 5.92 Å². The fourth-order valence-corrected chi connectivity index (χ4v) is 4.64. The predicted molar refractivity (Wildman–Crippen MR) is 115 cm³/mol. The number of phenolic OH excluding ortho intramolecular Hbond substituents is 1. The van der Waals surface area contributed by atoms with Crippen molar-refractivity contribution < 1.29 is 9.84 Å². The molecule has 1 N–H and O–H groups in total. The lowest BCUT2D eigenvalue weighted by atomic mass is 9.74. The van der Waals surface area contributed by atoms with Gasteiger partial charge in [0.25, 0.3) is 0 Å². The molecule has 1 aliphatic heterocycles.